The Morgan fingerprint density at radius 3 is 2.84 bits per heavy atom. The van der Waals surface area contributed by atoms with Crippen LogP contribution in [0.1, 0.15) is 26.2 Å². The van der Waals surface area contributed by atoms with Gasteiger partial charge in [-0.2, -0.15) is 0 Å². The molecule has 0 aromatic carbocycles. The van der Waals surface area contributed by atoms with E-state index in [0.29, 0.717) is 18.3 Å². The Hall–Kier alpha value is -1.27. The number of H-pyrrole nitrogens is 1. The number of nitrogens with two attached hydrogens (primary N) is 1. The molecule has 4 N–H and O–H groups in total. The number of carbonyl (C=O) groups is 1. The highest BCUT2D eigenvalue weighted by molar-refractivity contribution is 5.85. The second kappa shape index (κ2) is 11.8. The van der Waals surface area contributed by atoms with Crippen molar-refractivity contribution in [2.75, 3.05) is 11.9 Å². The first-order chi connectivity index (χ1) is 8.22. The average Bonchev–Trinajstić information content (AvgIpc) is 2.79. The molecule has 0 spiro atoms. The van der Waals surface area contributed by atoms with Crippen LogP contribution in [0.4, 0.5) is 5.95 Å². The second-order valence-electron chi connectivity index (χ2n) is 3.84. The summed E-state index contributed by atoms with van der Waals surface area (Å²) in [6.07, 6.45) is 6.88. The van der Waals surface area contributed by atoms with E-state index in [-0.39, 0.29) is 30.9 Å². The molecule has 0 aliphatic rings. The molecule has 6 nitrogen and oxygen atoms in total. The SMILES string of the molecule is CC(N)=NCCCC[C@@H](C=O)Nc1ncc[nH]1.Cl.Cl. The number of hydrogen-bond donors (Lipinski definition) is 3. The molecular weight excluding hydrogens is 289 g/mol. The third-order valence-corrected chi connectivity index (χ3v) is 2.27. The Kier molecular flexibility index (Phi) is 12.5. The van der Waals surface area contributed by atoms with Crippen molar-refractivity contribution < 1.29 is 4.79 Å². The number of halogens is 2. The summed E-state index contributed by atoms with van der Waals surface area (Å²) < 4.78 is 0. The molecule has 0 saturated heterocycles. The van der Waals surface area contributed by atoms with Crippen LogP contribution < -0.4 is 11.1 Å². The maximum atomic E-state index is 10.9. The molecule has 0 unspecified atom stereocenters. The molecule has 0 amide bonds. The lowest BCUT2D eigenvalue weighted by atomic mass is 10.1. The zero-order valence-corrected chi connectivity index (χ0v) is 12.5. The molecule has 0 aliphatic carbocycles. The number of carbonyl (C=O) groups excluding carboxylic acids is 1. The molecule has 1 aromatic rings. The molecule has 8 heteroatoms. The van der Waals surface area contributed by atoms with Crippen molar-refractivity contribution in [3.05, 3.63) is 12.4 Å². The predicted octanol–water partition coefficient (Wildman–Crippen LogP) is 1.78. The quantitative estimate of drug-likeness (QED) is 0.295. The summed E-state index contributed by atoms with van der Waals surface area (Å²) in [5, 5.41) is 3.01. The second-order valence-corrected chi connectivity index (χ2v) is 3.84. The van der Waals surface area contributed by atoms with Crippen LogP contribution in [0.25, 0.3) is 0 Å². The lowest BCUT2D eigenvalue weighted by Gasteiger charge is -2.10. The maximum absolute atomic E-state index is 10.9. The highest BCUT2D eigenvalue weighted by atomic mass is 35.5. The van der Waals surface area contributed by atoms with Gasteiger partial charge in [-0.15, -0.1) is 24.8 Å². The highest BCUT2D eigenvalue weighted by Crippen LogP contribution is 2.05. The Morgan fingerprint density at radius 2 is 2.32 bits per heavy atom. The largest absolute Gasteiger partial charge is 0.388 e. The summed E-state index contributed by atoms with van der Waals surface area (Å²) >= 11 is 0. The lowest BCUT2D eigenvalue weighted by molar-refractivity contribution is -0.108. The van der Waals surface area contributed by atoms with Gasteiger partial charge in [0.15, 0.2) is 0 Å². The molecule has 110 valence electrons. The molecule has 1 atom stereocenters. The maximum Gasteiger partial charge on any atom is 0.200 e. The number of aldehydes is 1. The topological polar surface area (TPSA) is 96.2 Å². The number of aromatic amines is 1. The normalized spacial score (nSPS) is 11.9. The summed E-state index contributed by atoms with van der Waals surface area (Å²) in [6, 6.07) is -0.205. The van der Waals surface area contributed by atoms with Crippen LogP contribution in [0.15, 0.2) is 17.4 Å². The van der Waals surface area contributed by atoms with E-state index in [1.807, 2.05) is 0 Å². The van der Waals surface area contributed by atoms with E-state index in [2.05, 4.69) is 20.3 Å². The summed E-state index contributed by atoms with van der Waals surface area (Å²) in [5.41, 5.74) is 5.42. The van der Waals surface area contributed by atoms with Gasteiger partial charge in [0, 0.05) is 18.9 Å². The van der Waals surface area contributed by atoms with Crippen LogP contribution in [-0.2, 0) is 4.79 Å². The van der Waals surface area contributed by atoms with Gasteiger partial charge in [0.05, 0.1) is 11.9 Å². The molecular formula is C11H21Cl2N5O. The summed E-state index contributed by atoms with van der Waals surface area (Å²) in [7, 11) is 0. The van der Waals surface area contributed by atoms with E-state index in [1.54, 1.807) is 19.3 Å². The van der Waals surface area contributed by atoms with Crippen LogP contribution in [0.5, 0.6) is 0 Å². The summed E-state index contributed by atoms with van der Waals surface area (Å²) in [5.74, 6) is 1.23. The third-order valence-electron chi connectivity index (χ3n) is 2.27. The van der Waals surface area contributed by atoms with E-state index in [1.165, 1.54) is 0 Å². The van der Waals surface area contributed by atoms with Gasteiger partial charge in [-0.05, 0) is 26.2 Å². The average molecular weight is 310 g/mol. The van der Waals surface area contributed by atoms with Gasteiger partial charge in [-0.1, -0.05) is 0 Å². The Morgan fingerprint density at radius 1 is 1.58 bits per heavy atom. The third kappa shape index (κ3) is 9.32. The predicted molar refractivity (Wildman–Crippen MR) is 82.6 cm³/mol. The Labute approximate surface area is 125 Å². The van der Waals surface area contributed by atoms with Gasteiger partial charge in [-0.3, -0.25) is 4.99 Å². The van der Waals surface area contributed by atoms with Crippen LogP contribution >= 0.6 is 24.8 Å². The Balaban J connectivity index is 0. The Bertz CT molecular complexity index is 352. The number of unbranched alkanes of at least 4 members (excludes halogenated alkanes) is 1. The van der Waals surface area contributed by atoms with Crippen LogP contribution in [0.2, 0.25) is 0 Å². The highest BCUT2D eigenvalue weighted by Gasteiger charge is 2.07. The van der Waals surface area contributed by atoms with Gasteiger partial charge < -0.3 is 20.8 Å². The number of amidine groups is 1. The van der Waals surface area contributed by atoms with Crippen LogP contribution in [-0.4, -0.2) is 34.7 Å². The number of rotatable bonds is 8. The standard InChI is InChI=1S/C11H19N5O.2ClH/c1-9(12)13-5-3-2-4-10(8-17)16-11-14-6-7-15-11;;/h6-8,10H,2-5H2,1H3,(H2,12,13)(H2,14,15,16);2*1H/t10-;;/m0../s1. The molecule has 0 bridgehead atoms. The number of aromatic nitrogens is 2. The summed E-state index contributed by atoms with van der Waals surface area (Å²) in [6.45, 7) is 2.49. The van der Waals surface area contributed by atoms with Crippen molar-refractivity contribution in [2.24, 2.45) is 10.7 Å². The van der Waals surface area contributed by atoms with Crippen molar-refractivity contribution >= 4 is 42.9 Å². The number of anilines is 1. The van der Waals surface area contributed by atoms with Crippen molar-refractivity contribution in [2.45, 2.75) is 32.2 Å². The fourth-order valence-corrected chi connectivity index (χ4v) is 1.43. The number of nitrogens with one attached hydrogen (secondary N) is 2. The van der Waals surface area contributed by atoms with E-state index >= 15 is 0 Å². The molecule has 0 radical (unpaired) electrons. The lowest BCUT2D eigenvalue weighted by Crippen LogP contribution is -2.21. The van der Waals surface area contributed by atoms with Crippen molar-refractivity contribution in [3.63, 3.8) is 0 Å². The molecule has 1 heterocycles. The molecule has 0 fully saturated rings. The van der Waals surface area contributed by atoms with Crippen LogP contribution in [0, 0.1) is 0 Å². The first-order valence-electron chi connectivity index (χ1n) is 5.70. The smallest absolute Gasteiger partial charge is 0.200 e. The molecule has 1 aromatic heterocycles. The molecule has 0 saturated carbocycles. The fraction of sp³-hybridized carbons (Fsp3) is 0.545. The number of nitrogens with zero attached hydrogens (tertiary/aromatic N) is 2. The van der Waals surface area contributed by atoms with E-state index in [4.69, 9.17) is 5.73 Å². The fourth-order valence-electron chi connectivity index (χ4n) is 1.43. The number of imidazole rings is 1. The van der Waals surface area contributed by atoms with E-state index in [0.717, 1.165) is 25.5 Å². The van der Waals surface area contributed by atoms with Gasteiger partial charge in [0.25, 0.3) is 0 Å². The summed E-state index contributed by atoms with van der Waals surface area (Å²) in [4.78, 5) is 21.8. The van der Waals surface area contributed by atoms with Gasteiger partial charge in [0.1, 0.15) is 6.29 Å². The zero-order chi connectivity index (χ0) is 12.5. The van der Waals surface area contributed by atoms with E-state index in [9.17, 15) is 4.79 Å². The van der Waals surface area contributed by atoms with Gasteiger partial charge in [0.2, 0.25) is 5.95 Å². The van der Waals surface area contributed by atoms with Crippen LogP contribution in [0.3, 0.4) is 0 Å². The minimum Gasteiger partial charge on any atom is -0.388 e. The number of hydrogen-bond acceptors (Lipinski definition) is 4. The first-order valence-corrected chi connectivity index (χ1v) is 5.70. The van der Waals surface area contributed by atoms with E-state index < -0.39 is 0 Å². The number of aliphatic imine (C=N–C) groups is 1. The van der Waals surface area contributed by atoms with Gasteiger partial charge >= 0.3 is 0 Å². The van der Waals surface area contributed by atoms with Crippen molar-refractivity contribution in [1.29, 1.82) is 0 Å². The first kappa shape index (κ1) is 20.1. The monoisotopic (exact) mass is 309 g/mol. The molecule has 0 aliphatic heterocycles. The van der Waals surface area contributed by atoms with Gasteiger partial charge in [-0.25, -0.2) is 4.98 Å². The molecule has 1 rings (SSSR count). The van der Waals surface area contributed by atoms with Crippen molar-refractivity contribution in [1.82, 2.24) is 9.97 Å². The minimum atomic E-state index is -0.205. The van der Waals surface area contributed by atoms with Crippen molar-refractivity contribution in [3.8, 4) is 0 Å². The molecule has 19 heavy (non-hydrogen) atoms. The zero-order valence-electron chi connectivity index (χ0n) is 10.8. The minimum absolute atomic E-state index is 0.